The van der Waals surface area contributed by atoms with Crippen molar-refractivity contribution in [2.45, 2.75) is 26.2 Å². The molecule has 0 atom stereocenters. The lowest BCUT2D eigenvalue weighted by Crippen LogP contribution is -2.10. The molecule has 1 aliphatic carbocycles. The maximum atomic E-state index is 12.9. The molecule has 0 N–H and O–H groups in total. The highest BCUT2D eigenvalue weighted by atomic mass is 16.1. The number of Topliss-reactive ketones (excluding diaryl/α,β-unsaturated/α-hetero) is 1. The quantitative estimate of drug-likeness (QED) is 0.637. The SMILES string of the molecule is Cc1cc(CC#N)ccc1CCC1=Cc2cccc3cccc(c23)C1=O. The highest BCUT2D eigenvalue weighted by molar-refractivity contribution is 6.22. The summed E-state index contributed by atoms with van der Waals surface area (Å²) in [7, 11) is 0. The number of hydrogen-bond acceptors (Lipinski definition) is 2. The van der Waals surface area contributed by atoms with E-state index < -0.39 is 0 Å². The van der Waals surface area contributed by atoms with Crippen molar-refractivity contribution in [1.29, 1.82) is 5.26 Å². The van der Waals surface area contributed by atoms with Crippen molar-refractivity contribution in [3.8, 4) is 6.07 Å². The molecular weight excluding hydrogens is 318 g/mol. The van der Waals surface area contributed by atoms with Gasteiger partial charge in [0.2, 0.25) is 0 Å². The molecule has 26 heavy (non-hydrogen) atoms. The molecule has 4 rings (SSSR count). The van der Waals surface area contributed by atoms with E-state index in [1.807, 2.05) is 24.3 Å². The van der Waals surface area contributed by atoms with E-state index in [0.29, 0.717) is 6.42 Å². The summed E-state index contributed by atoms with van der Waals surface area (Å²) < 4.78 is 0. The number of carbonyl (C=O) groups is 1. The third-order valence-corrected chi connectivity index (χ3v) is 5.16. The first-order valence-corrected chi connectivity index (χ1v) is 8.90. The van der Waals surface area contributed by atoms with Crippen molar-refractivity contribution in [3.05, 3.63) is 88.0 Å². The van der Waals surface area contributed by atoms with Gasteiger partial charge >= 0.3 is 0 Å². The van der Waals surface area contributed by atoms with Crippen molar-refractivity contribution in [3.63, 3.8) is 0 Å². The van der Waals surface area contributed by atoms with Crippen LogP contribution < -0.4 is 0 Å². The van der Waals surface area contributed by atoms with Crippen LogP contribution in [-0.2, 0) is 12.8 Å². The standard InChI is InChI=1S/C24H19NO/c1-16-14-17(12-13-25)8-9-18(16)10-11-21-15-20-6-2-4-19-5-3-7-22(23(19)20)24(21)26/h2-9,14-15H,10-12H2,1H3. The Labute approximate surface area is 153 Å². The summed E-state index contributed by atoms with van der Waals surface area (Å²) in [6.45, 7) is 2.07. The van der Waals surface area contributed by atoms with Crippen molar-refractivity contribution in [2.75, 3.05) is 0 Å². The minimum Gasteiger partial charge on any atom is -0.289 e. The molecule has 0 saturated heterocycles. The maximum Gasteiger partial charge on any atom is 0.189 e. The van der Waals surface area contributed by atoms with Gasteiger partial charge in [-0.2, -0.15) is 5.26 Å². The Morgan fingerprint density at radius 2 is 1.81 bits per heavy atom. The molecule has 0 aromatic heterocycles. The summed E-state index contributed by atoms with van der Waals surface area (Å²) in [6, 6.07) is 20.5. The van der Waals surface area contributed by atoms with Gasteiger partial charge in [-0.3, -0.25) is 4.79 Å². The summed E-state index contributed by atoms with van der Waals surface area (Å²) in [5.41, 5.74) is 6.28. The molecule has 0 fully saturated rings. The van der Waals surface area contributed by atoms with E-state index in [0.717, 1.165) is 45.9 Å². The number of aryl methyl sites for hydroxylation is 2. The fourth-order valence-corrected chi connectivity index (χ4v) is 3.80. The van der Waals surface area contributed by atoms with Crippen LogP contribution in [0.4, 0.5) is 0 Å². The van der Waals surface area contributed by atoms with Crippen molar-refractivity contribution < 1.29 is 4.79 Å². The summed E-state index contributed by atoms with van der Waals surface area (Å²) in [5.74, 6) is 0.146. The number of hydrogen-bond donors (Lipinski definition) is 0. The number of nitriles is 1. The first-order valence-electron chi connectivity index (χ1n) is 8.90. The number of nitrogens with zero attached hydrogens (tertiary/aromatic N) is 1. The van der Waals surface area contributed by atoms with E-state index in [2.05, 4.69) is 49.4 Å². The zero-order valence-electron chi connectivity index (χ0n) is 14.8. The van der Waals surface area contributed by atoms with Gasteiger partial charge in [-0.05, 0) is 53.5 Å². The van der Waals surface area contributed by atoms with E-state index >= 15 is 0 Å². The molecule has 0 bridgehead atoms. The largest absolute Gasteiger partial charge is 0.289 e. The van der Waals surface area contributed by atoms with Crippen LogP contribution in [0, 0.1) is 18.3 Å². The summed E-state index contributed by atoms with van der Waals surface area (Å²) >= 11 is 0. The summed E-state index contributed by atoms with van der Waals surface area (Å²) in [5, 5.41) is 11.0. The predicted molar refractivity (Wildman–Crippen MR) is 105 cm³/mol. The van der Waals surface area contributed by atoms with E-state index in [1.165, 1.54) is 11.1 Å². The van der Waals surface area contributed by atoms with Crippen LogP contribution in [0.3, 0.4) is 0 Å². The van der Waals surface area contributed by atoms with Crippen LogP contribution in [0.15, 0.2) is 60.2 Å². The van der Waals surface area contributed by atoms with Gasteiger partial charge in [-0.15, -0.1) is 0 Å². The molecule has 0 saturated carbocycles. The Hall–Kier alpha value is -3.18. The van der Waals surface area contributed by atoms with Gasteiger partial charge in [0.1, 0.15) is 0 Å². The van der Waals surface area contributed by atoms with E-state index in [9.17, 15) is 4.79 Å². The van der Waals surface area contributed by atoms with Gasteiger partial charge in [0.25, 0.3) is 0 Å². The van der Waals surface area contributed by atoms with Gasteiger partial charge in [-0.25, -0.2) is 0 Å². The van der Waals surface area contributed by atoms with Gasteiger partial charge < -0.3 is 0 Å². The van der Waals surface area contributed by atoms with Gasteiger partial charge in [0.15, 0.2) is 5.78 Å². The number of benzene rings is 3. The van der Waals surface area contributed by atoms with Crippen LogP contribution >= 0.6 is 0 Å². The highest BCUT2D eigenvalue weighted by Gasteiger charge is 2.21. The number of rotatable bonds is 4. The van der Waals surface area contributed by atoms with Crippen LogP contribution in [0.2, 0.25) is 0 Å². The van der Waals surface area contributed by atoms with E-state index in [-0.39, 0.29) is 5.78 Å². The van der Waals surface area contributed by atoms with Crippen LogP contribution in [0.25, 0.3) is 16.8 Å². The molecular formula is C24H19NO. The lowest BCUT2D eigenvalue weighted by atomic mass is 9.85. The molecule has 0 aliphatic heterocycles. The average Bonchev–Trinajstić information content (AvgIpc) is 2.65. The van der Waals surface area contributed by atoms with Crippen molar-refractivity contribution in [2.24, 2.45) is 0 Å². The molecule has 3 aromatic rings. The van der Waals surface area contributed by atoms with E-state index in [4.69, 9.17) is 5.26 Å². The average molecular weight is 337 g/mol. The Bertz CT molecular complexity index is 1090. The molecule has 0 unspecified atom stereocenters. The molecule has 2 nitrogen and oxygen atoms in total. The summed E-state index contributed by atoms with van der Waals surface area (Å²) in [6.07, 6.45) is 4.04. The lowest BCUT2D eigenvalue weighted by molar-refractivity contribution is 0.103. The second-order valence-corrected chi connectivity index (χ2v) is 6.85. The molecule has 0 radical (unpaired) electrons. The molecule has 3 aromatic carbocycles. The number of carbonyl (C=O) groups excluding carboxylic acids is 1. The Morgan fingerprint density at radius 1 is 1.00 bits per heavy atom. The van der Waals surface area contributed by atoms with Crippen LogP contribution in [0.5, 0.6) is 0 Å². The topological polar surface area (TPSA) is 40.9 Å². The van der Waals surface area contributed by atoms with Gasteiger partial charge in [0, 0.05) is 16.5 Å². The van der Waals surface area contributed by atoms with Crippen molar-refractivity contribution in [1.82, 2.24) is 0 Å². The highest BCUT2D eigenvalue weighted by Crippen LogP contribution is 2.32. The molecule has 126 valence electrons. The zero-order valence-corrected chi connectivity index (χ0v) is 14.8. The third kappa shape index (κ3) is 2.82. The van der Waals surface area contributed by atoms with Gasteiger partial charge in [0.05, 0.1) is 12.5 Å². The molecule has 1 aliphatic rings. The monoisotopic (exact) mass is 337 g/mol. The second kappa shape index (κ2) is 6.61. The Balaban J connectivity index is 1.62. The van der Waals surface area contributed by atoms with Crippen molar-refractivity contribution >= 4 is 22.6 Å². The smallest absolute Gasteiger partial charge is 0.189 e. The number of ketones is 1. The third-order valence-electron chi connectivity index (χ3n) is 5.16. The minimum atomic E-state index is 0.146. The molecule has 2 heteroatoms. The molecule has 0 amide bonds. The number of allylic oxidation sites excluding steroid dienone is 1. The fraction of sp³-hybridized carbons (Fsp3) is 0.167. The van der Waals surface area contributed by atoms with Crippen LogP contribution in [-0.4, -0.2) is 5.78 Å². The molecule has 0 heterocycles. The minimum absolute atomic E-state index is 0.146. The normalized spacial score (nSPS) is 12.8. The molecule has 0 spiro atoms. The Morgan fingerprint density at radius 3 is 2.58 bits per heavy atom. The first-order chi connectivity index (χ1) is 12.7. The summed E-state index contributed by atoms with van der Waals surface area (Å²) in [4.78, 5) is 12.9. The fourth-order valence-electron chi connectivity index (χ4n) is 3.80. The van der Waals surface area contributed by atoms with E-state index in [1.54, 1.807) is 0 Å². The van der Waals surface area contributed by atoms with Crippen LogP contribution in [0.1, 0.15) is 39.0 Å². The zero-order chi connectivity index (χ0) is 18.1. The van der Waals surface area contributed by atoms with Gasteiger partial charge in [-0.1, -0.05) is 54.6 Å². The lowest BCUT2D eigenvalue weighted by Gasteiger charge is -2.17. The Kier molecular flexibility index (Phi) is 4.14. The maximum absolute atomic E-state index is 12.9. The first kappa shape index (κ1) is 16.3. The predicted octanol–water partition coefficient (Wildman–Crippen LogP) is 5.43. The second-order valence-electron chi connectivity index (χ2n) is 6.85.